The van der Waals surface area contributed by atoms with E-state index < -0.39 is 11.9 Å². The van der Waals surface area contributed by atoms with Gasteiger partial charge in [-0.3, -0.25) is 4.90 Å². The summed E-state index contributed by atoms with van der Waals surface area (Å²) in [6, 6.07) is 13.8. The minimum absolute atomic E-state index is 0.0185. The Hall–Kier alpha value is -2.76. The van der Waals surface area contributed by atoms with Gasteiger partial charge in [0.25, 0.3) is 5.85 Å². The number of rotatable bonds is 5. The van der Waals surface area contributed by atoms with E-state index in [1.54, 1.807) is 62.8 Å². The van der Waals surface area contributed by atoms with Crippen LogP contribution < -0.4 is 14.4 Å². The molecular formula is C18H18FNO4. The Bertz CT molecular complexity index is 717. The first-order valence-corrected chi connectivity index (χ1v) is 7.49. The number of nitrogens with zero attached hydrogens (tertiary/aromatic N) is 1. The lowest BCUT2D eigenvalue weighted by molar-refractivity contribution is -0.0562. The second-order valence-corrected chi connectivity index (χ2v) is 5.56. The van der Waals surface area contributed by atoms with Crippen molar-refractivity contribution in [3.8, 4) is 11.5 Å². The standard InChI is InChI=1S/C18H18FNO4/c1-22-15-7-3-13(4-8-15)11-18(19)12-20(17(21)24-18)14-5-9-16(23-2)10-6-14/h3-10H,11-12H2,1-2H3. The van der Waals surface area contributed by atoms with Crippen molar-refractivity contribution in [3.05, 3.63) is 54.1 Å². The quantitative estimate of drug-likeness (QED) is 0.840. The van der Waals surface area contributed by atoms with E-state index in [4.69, 9.17) is 14.2 Å². The molecule has 5 nitrogen and oxygen atoms in total. The molecule has 0 saturated carbocycles. The first-order valence-electron chi connectivity index (χ1n) is 7.49. The highest BCUT2D eigenvalue weighted by Gasteiger charge is 2.46. The fraction of sp³-hybridized carbons (Fsp3) is 0.278. The Morgan fingerprint density at radius 1 is 1.04 bits per heavy atom. The summed E-state index contributed by atoms with van der Waals surface area (Å²) in [5.41, 5.74) is 1.29. The van der Waals surface area contributed by atoms with Crippen LogP contribution in [0.25, 0.3) is 0 Å². The number of alkyl halides is 1. The van der Waals surface area contributed by atoms with E-state index in [-0.39, 0.29) is 13.0 Å². The highest BCUT2D eigenvalue weighted by molar-refractivity contribution is 5.90. The average molecular weight is 331 g/mol. The molecule has 0 aromatic heterocycles. The number of carbonyl (C=O) groups is 1. The number of benzene rings is 2. The molecule has 1 atom stereocenters. The fourth-order valence-corrected chi connectivity index (χ4v) is 2.64. The second kappa shape index (κ2) is 6.39. The zero-order valence-electron chi connectivity index (χ0n) is 13.5. The van der Waals surface area contributed by atoms with Crippen molar-refractivity contribution in [1.82, 2.24) is 0 Å². The molecule has 126 valence electrons. The lowest BCUT2D eigenvalue weighted by atomic mass is 10.1. The maximum atomic E-state index is 15.0. The van der Waals surface area contributed by atoms with Crippen LogP contribution >= 0.6 is 0 Å². The Labute approximate surface area is 139 Å². The van der Waals surface area contributed by atoms with Gasteiger partial charge in [0.1, 0.15) is 11.5 Å². The predicted octanol–water partition coefficient (Wildman–Crippen LogP) is 3.57. The number of methoxy groups -OCH3 is 2. The fourth-order valence-electron chi connectivity index (χ4n) is 2.64. The molecule has 0 radical (unpaired) electrons. The topological polar surface area (TPSA) is 48.0 Å². The Balaban J connectivity index is 1.73. The molecule has 6 heteroatoms. The van der Waals surface area contributed by atoms with E-state index in [1.807, 2.05) is 0 Å². The number of amides is 1. The van der Waals surface area contributed by atoms with Crippen molar-refractivity contribution in [2.24, 2.45) is 0 Å². The molecule has 1 aliphatic rings. The van der Waals surface area contributed by atoms with Crippen molar-refractivity contribution < 1.29 is 23.4 Å². The molecule has 1 fully saturated rings. The normalized spacial score (nSPS) is 20.0. The monoisotopic (exact) mass is 331 g/mol. The van der Waals surface area contributed by atoms with E-state index in [9.17, 15) is 9.18 Å². The van der Waals surface area contributed by atoms with Crippen LogP contribution in [0.3, 0.4) is 0 Å². The van der Waals surface area contributed by atoms with Crippen LogP contribution in [0, 0.1) is 0 Å². The van der Waals surface area contributed by atoms with Crippen LogP contribution in [0.1, 0.15) is 5.56 Å². The maximum Gasteiger partial charge on any atom is 0.417 e. The van der Waals surface area contributed by atoms with Crippen LogP contribution in [0.15, 0.2) is 48.5 Å². The Morgan fingerprint density at radius 2 is 1.58 bits per heavy atom. The first-order chi connectivity index (χ1) is 11.5. The molecule has 2 aromatic rings. The van der Waals surface area contributed by atoms with E-state index >= 15 is 0 Å². The highest BCUT2D eigenvalue weighted by Crippen LogP contribution is 2.33. The van der Waals surface area contributed by atoms with Gasteiger partial charge in [0.15, 0.2) is 0 Å². The third kappa shape index (κ3) is 3.27. The summed E-state index contributed by atoms with van der Waals surface area (Å²) in [5.74, 6) is -0.711. The molecular weight excluding hydrogens is 313 g/mol. The van der Waals surface area contributed by atoms with E-state index in [0.717, 1.165) is 5.56 Å². The average Bonchev–Trinajstić information content (AvgIpc) is 2.90. The molecule has 0 N–H and O–H groups in total. The third-order valence-electron chi connectivity index (χ3n) is 3.90. The number of cyclic esters (lactones) is 1. The van der Waals surface area contributed by atoms with E-state index in [0.29, 0.717) is 17.2 Å². The Kier molecular flexibility index (Phi) is 4.29. The van der Waals surface area contributed by atoms with Crippen LogP contribution in [0.2, 0.25) is 0 Å². The summed E-state index contributed by atoms with van der Waals surface area (Å²) < 4.78 is 30.1. The van der Waals surface area contributed by atoms with Crippen molar-refractivity contribution in [3.63, 3.8) is 0 Å². The number of carbonyl (C=O) groups excluding carboxylic acids is 1. The lowest BCUT2D eigenvalue weighted by Gasteiger charge is -2.18. The van der Waals surface area contributed by atoms with Gasteiger partial charge < -0.3 is 14.2 Å². The van der Waals surface area contributed by atoms with Crippen molar-refractivity contribution in [2.45, 2.75) is 12.3 Å². The van der Waals surface area contributed by atoms with Gasteiger partial charge >= 0.3 is 6.09 Å². The molecule has 2 aromatic carbocycles. The highest BCUT2D eigenvalue weighted by atomic mass is 19.2. The second-order valence-electron chi connectivity index (χ2n) is 5.56. The molecule has 1 aliphatic heterocycles. The number of hydrogen-bond acceptors (Lipinski definition) is 4. The van der Waals surface area contributed by atoms with Gasteiger partial charge in [-0.2, -0.15) is 4.39 Å². The van der Waals surface area contributed by atoms with Crippen LogP contribution in [-0.4, -0.2) is 32.7 Å². The lowest BCUT2D eigenvalue weighted by Crippen LogP contribution is -2.32. The Morgan fingerprint density at radius 3 is 2.12 bits per heavy atom. The summed E-state index contributed by atoms with van der Waals surface area (Å²) in [6.45, 7) is -0.163. The summed E-state index contributed by atoms with van der Waals surface area (Å²) >= 11 is 0. The molecule has 1 heterocycles. The summed E-state index contributed by atoms with van der Waals surface area (Å²) in [5, 5.41) is 0. The SMILES string of the molecule is COc1ccc(CC2(F)CN(c3ccc(OC)cc3)C(=O)O2)cc1. The molecule has 0 spiro atoms. The third-order valence-corrected chi connectivity index (χ3v) is 3.90. The summed E-state index contributed by atoms with van der Waals surface area (Å²) in [4.78, 5) is 13.3. The minimum atomic E-state index is -2.06. The van der Waals surface area contributed by atoms with Gasteiger partial charge in [0, 0.05) is 12.1 Å². The van der Waals surface area contributed by atoms with E-state index in [1.165, 1.54) is 4.90 Å². The number of hydrogen-bond donors (Lipinski definition) is 0. The van der Waals surface area contributed by atoms with Gasteiger partial charge in [0.2, 0.25) is 0 Å². The zero-order valence-corrected chi connectivity index (χ0v) is 13.5. The molecule has 1 unspecified atom stereocenters. The molecule has 0 bridgehead atoms. The minimum Gasteiger partial charge on any atom is -0.497 e. The van der Waals surface area contributed by atoms with Gasteiger partial charge in [-0.1, -0.05) is 12.1 Å². The van der Waals surface area contributed by atoms with Gasteiger partial charge in [0.05, 0.1) is 20.8 Å². The zero-order chi connectivity index (χ0) is 17.2. The van der Waals surface area contributed by atoms with Crippen LogP contribution in [0.5, 0.6) is 11.5 Å². The van der Waals surface area contributed by atoms with Gasteiger partial charge in [-0.05, 0) is 42.0 Å². The number of anilines is 1. The van der Waals surface area contributed by atoms with Crippen molar-refractivity contribution in [2.75, 3.05) is 25.7 Å². The molecule has 1 saturated heterocycles. The van der Waals surface area contributed by atoms with Gasteiger partial charge in [-0.15, -0.1) is 0 Å². The summed E-state index contributed by atoms with van der Waals surface area (Å²) in [6.07, 6.45) is -0.716. The number of halogens is 1. The van der Waals surface area contributed by atoms with E-state index in [2.05, 4.69) is 0 Å². The molecule has 24 heavy (non-hydrogen) atoms. The van der Waals surface area contributed by atoms with Crippen molar-refractivity contribution in [1.29, 1.82) is 0 Å². The number of ether oxygens (including phenoxy) is 3. The molecule has 0 aliphatic carbocycles. The summed E-state index contributed by atoms with van der Waals surface area (Å²) in [7, 11) is 3.12. The largest absolute Gasteiger partial charge is 0.497 e. The maximum absolute atomic E-state index is 15.0. The van der Waals surface area contributed by atoms with Crippen molar-refractivity contribution >= 4 is 11.8 Å². The molecule has 1 amide bonds. The van der Waals surface area contributed by atoms with Gasteiger partial charge in [-0.25, -0.2) is 4.79 Å². The van der Waals surface area contributed by atoms with Crippen LogP contribution in [-0.2, 0) is 11.2 Å². The van der Waals surface area contributed by atoms with Crippen LogP contribution in [0.4, 0.5) is 14.9 Å². The predicted molar refractivity (Wildman–Crippen MR) is 87.4 cm³/mol. The first kappa shape index (κ1) is 16.1. The smallest absolute Gasteiger partial charge is 0.417 e. The molecule has 3 rings (SSSR count).